The Labute approximate surface area is 122 Å². The Balaban J connectivity index is 2.53. The average Bonchev–Trinajstić information content (AvgIpc) is 2.45. The lowest BCUT2D eigenvalue weighted by Gasteiger charge is -2.39. The smallest absolute Gasteiger partial charge is 0.246 e. The maximum Gasteiger partial charge on any atom is 0.246 e. The molecule has 1 heterocycles. The number of methoxy groups -OCH3 is 1. The third-order valence-electron chi connectivity index (χ3n) is 4.37. The lowest BCUT2D eigenvalue weighted by atomic mass is 9.91. The number of nitrogens with one attached hydrogen (secondary N) is 1. The molecule has 0 radical (unpaired) electrons. The summed E-state index contributed by atoms with van der Waals surface area (Å²) in [5.74, 6) is 0.782. The normalized spacial score (nSPS) is 24.1. The predicted molar refractivity (Wildman–Crippen MR) is 79.5 cm³/mol. The first-order valence-corrected chi connectivity index (χ1v) is 7.76. The average molecular weight is 286 g/mol. The molecule has 0 aromatic heterocycles. The quantitative estimate of drug-likeness (QED) is 0.695. The van der Waals surface area contributed by atoms with Gasteiger partial charge in [-0.15, -0.1) is 0 Å². The molecule has 1 aliphatic rings. The highest BCUT2D eigenvalue weighted by molar-refractivity contribution is 5.77. The number of ether oxygens (including phenoxy) is 1. The summed E-state index contributed by atoms with van der Waals surface area (Å²) in [6.07, 6.45) is 3.32. The molecule has 0 unspecified atom stereocenters. The van der Waals surface area contributed by atoms with Gasteiger partial charge in [0.2, 0.25) is 5.91 Å². The van der Waals surface area contributed by atoms with E-state index in [4.69, 9.17) is 4.74 Å². The molecular formula is C15H30N2O3. The van der Waals surface area contributed by atoms with E-state index in [0.29, 0.717) is 0 Å². The summed E-state index contributed by atoms with van der Waals surface area (Å²) in [6, 6.07) is 0.0331. The molecule has 1 fully saturated rings. The number of nitrogens with zero attached hydrogens (tertiary/aromatic N) is 1. The summed E-state index contributed by atoms with van der Waals surface area (Å²) >= 11 is 0. The molecule has 0 aromatic rings. The number of carbonyl (C=O) groups is 1. The number of hydrogen-bond acceptors (Lipinski definition) is 4. The molecule has 0 bridgehead atoms. The number of carbonyl (C=O) groups excluding carboxylic acids is 1. The minimum Gasteiger partial charge on any atom is -0.396 e. The van der Waals surface area contributed by atoms with Crippen LogP contribution < -0.4 is 5.32 Å². The Bertz CT molecular complexity index is 282. The third kappa shape index (κ3) is 5.38. The van der Waals surface area contributed by atoms with Gasteiger partial charge >= 0.3 is 0 Å². The fourth-order valence-corrected chi connectivity index (χ4v) is 2.91. The van der Waals surface area contributed by atoms with Gasteiger partial charge in [-0.3, -0.25) is 4.79 Å². The van der Waals surface area contributed by atoms with Crippen molar-refractivity contribution in [2.75, 3.05) is 40.0 Å². The first kappa shape index (κ1) is 17.4. The standard InChI is InChI=1S/C15H30N2O3/c1-4-12(5-2)8-17-7-6-13(10-18)14(9-17)16-15(19)11-20-3/h12-14,18H,4-11H2,1-3H3,(H,16,19)/t13-,14-/m1/s1. The van der Waals surface area contributed by atoms with E-state index in [0.717, 1.165) is 32.0 Å². The minimum absolute atomic E-state index is 0.0331. The van der Waals surface area contributed by atoms with Gasteiger partial charge in [-0.05, 0) is 18.9 Å². The Morgan fingerprint density at radius 1 is 1.45 bits per heavy atom. The zero-order valence-corrected chi connectivity index (χ0v) is 13.1. The van der Waals surface area contributed by atoms with Crippen molar-refractivity contribution in [1.82, 2.24) is 10.2 Å². The van der Waals surface area contributed by atoms with Crippen LogP contribution in [-0.2, 0) is 9.53 Å². The SMILES string of the molecule is CCC(CC)CN1CC[C@H](CO)[C@H](NC(=O)COC)C1. The number of piperidine rings is 1. The highest BCUT2D eigenvalue weighted by atomic mass is 16.5. The van der Waals surface area contributed by atoms with Crippen molar-refractivity contribution >= 4 is 5.91 Å². The predicted octanol–water partition coefficient (Wildman–Crippen LogP) is 0.868. The zero-order valence-electron chi connectivity index (χ0n) is 13.1. The fourth-order valence-electron chi connectivity index (χ4n) is 2.91. The molecule has 118 valence electrons. The number of rotatable bonds is 8. The summed E-state index contributed by atoms with van der Waals surface area (Å²) in [5.41, 5.74) is 0. The number of amides is 1. The topological polar surface area (TPSA) is 61.8 Å². The van der Waals surface area contributed by atoms with Crippen LogP contribution in [0.15, 0.2) is 0 Å². The van der Waals surface area contributed by atoms with Crippen LogP contribution in [0.3, 0.4) is 0 Å². The van der Waals surface area contributed by atoms with Crippen molar-refractivity contribution in [1.29, 1.82) is 0 Å². The van der Waals surface area contributed by atoms with Crippen LogP contribution in [0.1, 0.15) is 33.1 Å². The number of aliphatic hydroxyl groups excluding tert-OH is 1. The van der Waals surface area contributed by atoms with Crippen LogP contribution in [-0.4, -0.2) is 61.9 Å². The molecule has 0 spiro atoms. The number of likely N-dealkylation sites (tertiary alicyclic amines) is 1. The van der Waals surface area contributed by atoms with Crippen molar-refractivity contribution in [2.45, 2.75) is 39.2 Å². The molecule has 0 saturated carbocycles. The van der Waals surface area contributed by atoms with Crippen LogP contribution in [0.25, 0.3) is 0 Å². The van der Waals surface area contributed by atoms with E-state index in [1.54, 1.807) is 0 Å². The van der Waals surface area contributed by atoms with E-state index >= 15 is 0 Å². The van der Waals surface area contributed by atoms with Crippen LogP contribution >= 0.6 is 0 Å². The van der Waals surface area contributed by atoms with Crippen LogP contribution in [0.4, 0.5) is 0 Å². The third-order valence-corrected chi connectivity index (χ3v) is 4.37. The van der Waals surface area contributed by atoms with E-state index in [1.165, 1.54) is 20.0 Å². The summed E-state index contributed by atoms with van der Waals surface area (Å²) in [4.78, 5) is 14.1. The Kier molecular flexibility index (Phi) is 8.11. The molecule has 20 heavy (non-hydrogen) atoms. The second-order valence-electron chi connectivity index (χ2n) is 5.78. The van der Waals surface area contributed by atoms with Gasteiger partial charge in [0, 0.05) is 38.8 Å². The Morgan fingerprint density at radius 3 is 2.70 bits per heavy atom. The van der Waals surface area contributed by atoms with Gasteiger partial charge in [-0.25, -0.2) is 0 Å². The molecule has 1 aliphatic heterocycles. The summed E-state index contributed by atoms with van der Waals surface area (Å²) in [7, 11) is 1.52. The van der Waals surface area contributed by atoms with Crippen molar-refractivity contribution in [3.05, 3.63) is 0 Å². The molecule has 2 N–H and O–H groups in total. The monoisotopic (exact) mass is 286 g/mol. The second-order valence-corrected chi connectivity index (χ2v) is 5.78. The van der Waals surface area contributed by atoms with Crippen molar-refractivity contribution in [2.24, 2.45) is 11.8 Å². The molecule has 1 amide bonds. The molecule has 5 nitrogen and oxygen atoms in total. The van der Waals surface area contributed by atoms with Crippen LogP contribution in [0.2, 0.25) is 0 Å². The number of hydrogen-bond donors (Lipinski definition) is 2. The van der Waals surface area contributed by atoms with Gasteiger partial charge in [0.25, 0.3) is 0 Å². The summed E-state index contributed by atoms with van der Waals surface area (Å²) < 4.78 is 4.85. The Morgan fingerprint density at radius 2 is 2.15 bits per heavy atom. The summed E-state index contributed by atoms with van der Waals surface area (Å²) in [5, 5.41) is 12.5. The molecular weight excluding hydrogens is 256 g/mol. The maximum absolute atomic E-state index is 11.7. The Hall–Kier alpha value is -0.650. The van der Waals surface area contributed by atoms with Crippen molar-refractivity contribution in [3.63, 3.8) is 0 Å². The zero-order chi connectivity index (χ0) is 15.0. The van der Waals surface area contributed by atoms with E-state index in [-0.39, 0.29) is 31.1 Å². The van der Waals surface area contributed by atoms with E-state index < -0.39 is 0 Å². The highest BCUT2D eigenvalue weighted by Crippen LogP contribution is 2.20. The minimum atomic E-state index is -0.0969. The van der Waals surface area contributed by atoms with E-state index in [1.807, 2.05) is 0 Å². The highest BCUT2D eigenvalue weighted by Gasteiger charge is 2.30. The maximum atomic E-state index is 11.7. The molecule has 1 rings (SSSR count). The van der Waals surface area contributed by atoms with Gasteiger partial charge < -0.3 is 20.1 Å². The molecule has 2 atom stereocenters. The first-order valence-electron chi connectivity index (χ1n) is 7.76. The van der Waals surface area contributed by atoms with Gasteiger partial charge in [-0.2, -0.15) is 0 Å². The molecule has 5 heteroatoms. The van der Waals surface area contributed by atoms with Crippen LogP contribution in [0.5, 0.6) is 0 Å². The van der Waals surface area contributed by atoms with E-state index in [9.17, 15) is 9.90 Å². The van der Waals surface area contributed by atoms with Crippen molar-refractivity contribution < 1.29 is 14.6 Å². The van der Waals surface area contributed by atoms with Crippen molar-refractivity contribution in [3.8, 4) is 0 Å². The molecule has 1 saturated heterocycles. The van der Waals surface area contributed by atoms with Gasteiger partial charge in [0.15, 0.2) is 0 Å². The largest absolute Gasteiger partial charge is 0.396 e. The number of aliphatic hydroxyl groups is 1. The van der Waals surface area contributed by atoms with Gasteiger partial charge in [0.1, 0.15) is 6.61 Å². The molecule has 0 aromatic carbocycles. The van der Waals surface area contributed by atoms with E-state index in [2.05, 4.69) is 24.1 Å². The lowest BCUT2D eigenvalue weighted by molar-refractivity contribution is -0.126. The second kappa shape index (κ2) is 9.32. The van der Waals surface area contributed by atoms with Crippen LogP contribution in [0, 0.1) is 11.8 Å². The lowest BCUT2D eigenvalue weighted by Crippen LogP contribution is -2.54. The fraction of sp³-hybridized carbons (Fsp3) is 0.933. The van der Waals surface area contributed by atoms with Gasteiger partial charge in [-0.1, -0.05) is 26.7 Å². The first-order chi connectivity index (χ1) is 9.64. The molecule has 0 aliphatic carbocycles. The summed E-state index contributed by atoms with van der Waals surface area (Å²) in [6.45, 7) is 7.61. The van der Waals surface area contributed by atoms with Gasteiger partial charge in [0.05, 0.1) is 0 Å².